The van der Waals surface area contributed by atoms with E-state index in [1.165, 1.54) is 43.4 Å². The highest BCUT2D eigenvalue weighted by Gasteiger charge is 2.22. The first-order chi connectivity index (χ1) is 8.31. The highest BCUT2D eigenvalue weighted by Crippen LogP contribution is 2.36. The Balaban J connectivity index is 2.11. The van der Waals surface area contributed by atoms with Gasteiger partial charge in [-0.25, -0.2) is 4.98 Å². The maximum Gasteiger partial charge on any atom is 0.123 e. The molecule has 92 valence electrons. The molecule has 0 atom stereocenters. The van der Waals surface area contributed by atoms with Crippen molar-refractivity contribution in [2.24, 2.45) is 0 Å². The van der Waals surface area contributed by atoms with E-state index in [9.17, 15) is 0 Å². The molecule has 2 aromatic rings. The number of anilines is 1. The van der Waals surface area contributed by atoms with E-state index in [4.69, 9.17) is 10.7 Å². The van der Waals surface area contributed by atoms with Crippen molar-refractivity contribution < 1.29 is 0 Å². The zero-order valence-corrected chi connectivity index (χ0v) is 11.1. The van der Waals surface area contributed by atoms with Crippen LogP contribution in [-0.4, -0.2) is 9.55 Å². The molecule has 0 bridgehead atoms. The molecule has 2 N–H and O–H groups in total. The molecule has 1 aliphatic rings. The molecule has 0 unspecified atom stereocenters. The van der Waals surface area contributed by atoms with Crippen molar-refractivity contribution in [1.29, 1.82) is 0 Å². The summed E-state index contributed by atoms with van der Waals surface area (Å²) in [6.45, 7) is 2.18. The van der Waals surface area contributed by atoms with Gasteiger partial charge in [-0.2, -0.15) is 0 Å². The van der Waals surface area contributed by atoms with Crippen molar-refractivity contribution in [1.82, 2.24) is 9.55 Å². The molecule has 17 heavy (non-hydrogen) atoms. The summed E-state index contributed by atoms with van der Waals surface area (Å²) in [5.74, 6) is 1.21. The van der Waals surface area contributed by atoms with E-state index in [2.05, 4.69) is 16.9 Å². The van der Waals surface area contributed by atoms with Gasteiger partial charge >= 0.3 is 0 Å². The number of aryl methyl sites for hydroxylation is 1. The molecular weight excluding hydrogens is 230 g/mol. The normalized spacial score (nSPS) is 17.9. The lowest BCUT2D eigenvalue weighted by atomic mass is 9.95. The largest absolute Gasteiger partial charge is 0.389 e. The number of hydrogen-bond acceptors (Lipinski definition) is 3. The summed E-state index contributed by atoms with van der Waals surface area (Å²) in [6, 6.07) is 0.651. The molecule has 3 rings (SSSR count). The average Bonchev–Trinajstić information content (AvgIpc) is 2.90. The number of fused-ring (bicyclic) bond motifs is 1. The van der Waals surface area contributed by atoms with Crippen LogP contribution in [0.3, 0.4) is 0 Å². The van der Waals surface area contributed by atoms with Crippen LogP contribution in [0.1, 0.15) is 50.9 Å². The third-order valence-electron chi connectivity index (χ3n) is 3.81. The van der Waals surface area contributed by atoms with Crippen LogP contribution in [0.2, 0.25) is 0 Å². The molecule has 1 fully saturated rings. The topological polar surface area (TPSA) is 43.8 Å². The molecule has 0 aromatic carbocycles. The van der Waals surface area contributed by atoms with Crippen molar-refractivity contribution in [3.05, 3.63) is 11.2 Å². The first-order valence-corrected chi connectivity index (χ1v) is 7.43. The van der Waals surface area contributed by atoms with Gasteiger partial charge in [0.15, 0.2) is 0 Å². The van der Waals surface area contributed by atoms with Gasteiger partial charge in [0, 0.05) is 17.8 Å². The number of nitrogens with two attached hydrogens (primary N) is 1. The number of thiophene rings is 1. The number of hydrogen-bond donors (Lipinski definition) is 1. The molecule has 2 aromatic heterocycles. The maximum atomic E-state index is 5.99. The summed E-state index contributed by atoms with van der Waals surface area (Å²) < 4.78 is 2.46. The van der Waals surface area contributed by atoms with Gasteiger partial charge in [0.1, 0.15) is 16.3 Å². The second-order valence-electron chi connectivity index (χ2n) is 4.88. The fourth-order valence-corrected chi connectivity index (χ4v) is 3.68. The van der Waals surface area contributed by atoms with Crippen LogP contribution in [0.25, 0.3) is 11.0 Å². The molecule has 2 heterocycles. The molecule has 0 saturated heterocycles. The molecule has 0 spiro atoms. The number of rotatable bonds is 2. The van der Waals surface area contributed by atoms with E-state index in [1.807, 2.05) is 0 Å². The summed E-state index contributed by atoms with van der Waals surface area (Å²) in [5, 5.41) is 3.04. The molecule has 3 nitrogen and oxygen atoms in total. The third kappa shape index (κ3) is 1.75. The third-order valence-corrected chi connectivity index (χ3v) is 4.60. The molecule has 0 aliphatic heterocycles. The van der Waals surface area contributed by atoms with Crippen LogP contribution in [0.4, 0.5) is 5.00 Å². The predicted octanol–water partition coefficient (Wildman–Crippen LogP) is 3.75. The van der Waals surface area contributed by atoms with Crippen LogP contribution in [0.5, 0.6) is 0 Å². The van der Waals surface area contributed by atoms with Gasteiger partial charge in [-0.1, -0.05) is 26.2 Å². The minimum absolute atomic E-state index is 0.651. The molecule has 1 aliphatic carbocycles. The summed E-state index contributed by atoms with van der Waals surface area (Å²) in [7, 11) is 0. The zero-order chi connectivity index (χ0) is 11.8. The Bertz CT molecular complexity index is 520. The van der Waals surface area contributed by atoms with Gasteiger partial charge < -0.3 is 10.3 Å². The van der Waals surface area contributed by atoms with E-state index < -0.39 is 0 Å². The molecule has 1 saturated carbocycles. The van der Waals surface area contributed by atoms with E-state index in [-0.39, 0.29) is 0 Å². The number of nitrogen functional groups attached to an aromatic ring is 1. The van der Waals surface area contributed by atoms with Crippen molar-refractivity contribution in [2.75, 3.05) is 5.73 Å². The first-order valence-electron chi connectivity index (χ1n) is 6.55. The Morgan fingerprint density at radius 3 is 2.88 bits per heavy atom. The van der Waals surface area contributed by atoms with Crippen LogP contribution < -0.4 is 5.73 Å². The first kappa shape index (κ1) is 11.1. The summed E-state index contributed by atoms with van der Waals surface area (Å²) >= 11 is 1.62. The van der Waals surface area contributed by atoms with Crippen LogP contribution >= 0.6 is 11.3 Å². The van der Waals surface area contributed by atoms with E-state index in [0.29, 0.717) is 6.04 Å². The van der Waals surface area contributed by atoms with Crippen molar-refractivity contribution >= 4 is 27.4 Å². The van der Waals surface area contributed by atoms with Crippen molar-refractivity contribution in [3.63, 3.8) is 0 Å². The Morgan fingerprint density at radius 1 is 1.41 bits per heavy atom. The average molecular weight is 249 g/mol. The lowest BCUT2D eigenvalue weighted by Crippen LogP contribution is -2.15. The van der Waals surface area contributed by atoms with E-state index >= 15 is 0 Å². The minimum Gasteiger partial charge on any atom is -0.389 e. The number of nitrogens with zero attached hydrogens (tertiary/aromatic N) is 2. The quantitative estimate of drug-likeness (QED) is 0.881. The zero-order valence-electron chi connectivity index (χ0n) is 10.3. The molecular formula is C13H19N3S. The van der Waals surface area contributed by atoms with Crippen LogP contribution in [0, 0.1) is 0 Å². The maximum absolute atomic E-state index is 5.99. The van der Waals surface area contributed by atoms with E-state index in [1.54, 1.807) is 11.3 Å². The fourth-order valence-electron chi connectivity index (χ4n) is 2.96. The van der Waals surface area contributed by atoms with Gasteiger partial charge in [-0.3, -0.25) is 0 Å². The van der Waals surface area contributed by atoms with Crippen molar-refractivity contribution in [2.45, 2.75) is 51.5 Å². The highest BCUT2D eigenvalue weighted by atomic mass is 32.1. The van der Waals surface area contributed by atoms with Gasteiger partial charge in [0.2, 0.25) is 0 Å². The smallest absolute Gasteiger partial charge is 0.123 e. The van der Waals surface area contributed by atoms with Gasteiger partial charge in [-0.05, 0) is 12.8 Å². The Hall–Kier alpha value is -1.03. The van der Waals surface area contributed by atoms with Crippen molar-refractivity contribution in [3.8, 4) is 0 Å². The predicted molar refractivity (Wildman–Crippen MR) is 73.5 cm³/mol. The highest BCUT2D eigenvalue weighted by molar-refractivity contribution is 7.15. The van der Waals surface area contributed by atoms with Gasteiger partial charge in [-0.15, -0.1) is 11.3 Å². The number of imidazole rings is 1. The minimum atomic E-state index is 0.651. The standard InChI is InChI=1S/C13H19N3S/c1-2-11-15-12-10(8-17-13(12)14)16(11)9-6-4-3-5-7-9/h8-9H,2-7,14H2,1H3. The molecule has 0 radical (unpaired) electrons. The van der Waals surface area contributed by atoms with Gasteiger partial charge in [0.05, 0.1) is 5.52 Å². The molecule has 0 amide bonds. The van der Waals surface area contributed by atoms with Gasteiger partial charge in [0.25, 0.3) is 0 Å². The fraction of sp³-hybridized carbons (Fsp3) is 0.615. The Kier molecular flexibility index (Phi) is 2.82. The lowest BCUT2D eigenvalue weighted by Gasteiger charge is -2.25. The SMILES string of the molecule is CCc1nc2c(N)scc2n1C1CCCCC1. The van der Waals surface area contributed by atoms with Crippen LogP contribution in [0.15, 0.2) is 5.38 Å². The van der Waals surface area contributed by atoms with E-state index in [0.717, 1.165) is 16.9 Å². The Morgan fingerprint density at radius 2 is 2.18 bits per heavy atom. The second kappa shape index (κ2) is 4.33. The lowest BCUT2D eigenvalue weighted by molar-refractivity contribution is 0.353. The Labute approximate surface area is 106 Å². The summed E-state index contributed by atoms with van der Waals surface area (Å²) in [6.07, 6.45) is 7.69. The van der Waals surface area contributed by atoms with Crippen LogP contribution in [-0.2, 0) is 6.42 Å². The number of aromatic nitrogens is 2. The monoisotopic (exact) mass is 249 g/mol. The molecule has 4 heteroatoms. The summed E-state index contributed by atoms with van der Waals surface area (Å²) in [5.41, 5.74) is 8.27. The second-order valence-corrected chi connectivity index (χ2v) is 5.79. The summed E-state index contributed by atoms with van der Waals surface area (Å²) in [4.78, 5) is 4.71.